The maximum Gasteiger partial charge on any atom is 0.0980 e. The molecule has 1 heteroatoms. The van der Waals surface area contributed by atoms with Crippen LogP contribution in [0.25, 0.3) is 11.1 Å². The average molecular weight is 234 g/mol. The largest absolute Gasteiger partial charge is 0.472 e. The monoisotopic (exact) mass is 234 g/mol. The van der Waals surface area contributed by atoms with Gasteiger partial charge in [-0.05, 0) is 29.2 Å². The first-order valence-electron chi connectivity index (χ1n) is 6.07. The lowest BCUT2D eigenvalue weighted by molar-refractivity contribution is 0.568. The van der Waals surface area contributed by atoms with Crippen LogP contribution in [0.1, 0.15) is 11.1 Å². The predicted molar refractivity (Wildman–Crippen MR) is 73.4 cm³/mol. The summed E-state index contributed by atoms with van der Waals surface area (Å²) in [5, 5.41) is 0. The van der Waals surface area contributed by atoms with E-state index in [0.29, 0.717) is 0 Å². The molecule has 0 aliphatic heterocycles. The van der Waals surface area contributed by atoms with Gasteiger partial charge in [0, 0.05) is 5.56 Å². The Morgan fingerprint density at radius 1 is 0.667 bits per heavy atom. The van der Waals surface area contributed by atoms with Gasteiger partial charge >= 0.3 is 0 Å². The Kier molecular flexibility index (Phi) is 2.97. The molecule has 1 nitrogen and oxygen atoms in total. The van der Waals surface area contributed by atoms with Crippen LogP contribution in [0.15, 0.2) is 77.6 Å². The summed E-state index contributed by atoms with van der Waals surface area (Å²) in [5.74, 6) is 0. The van der Waals surface area contributed by atoms with Gasteiger partial charge in [-0.1, -0.05) is 54.6 Å². The SMILES string of the molecule is c1ccc(Cc2ccc(-c3ccoc3)cc2)cc1. The smallest absolute Gasteiger partial charge is 0.0980 e. The van der Waals surface area contributed by atoms with Gasteiger partial charge in [-0.15, -0.1) is 0 Å². The van der Waals surface area contributed by atoms with E-state index in [0.717, 1.165) is 12.0 Å². The predicted octanol–water partition coefficient (Wildman–Crippen LogP) is 4.54. The van der Waals surface area contributed by atoms with E-state index in [1.54, 1.807) is 12.5 Å². The Morgan fingerprint density at radius 3 is 2.06 bits per heavy atom. The van der Waals surface area contributed by atoms with Crippen LogP contribution in [0.2, 0.25) is 0 Å². The minimum absolute atomic E-state index is 0.979. The van der Waals surface area contributed by atoms with Gasteiger partial charge < -0.3 is 4.42 Å². The van der Waals surface area contributed by atoms with Gasteiger partial charge in [0.15, 0.2) is 0 Å². The van der Waals surface area contributed by atoms with Crippen molar-refractivity contribution in [1.29, 1.82) is 0 Å². The Morgan fingerprint density at radius 2 is 1.39 bits per heavy atom. The van der Waals surface area contributed by atoms with Crippen molar-refractivity contribution in [1.82, 2.24) is 0 Å². The average Bonchev–Trinajstić information content (AvgIpc) is 2.95. The van der Waals surface area contributed by atoms with Crippen molar-refractivity contribution >= 4 is 0 Å². The maximum atomic E-state index is 5.09. The topological polar surface area (TPSA) is 13.1 Å². The van der Waals surface area contributed by atoms with Crippen molar-refractivity contribution in [2.24, 2.45) is 0 Å². The summed E-state index contributed by atoms with van der Waals surface area (Å²) in [6, 6.07) is 21.1. The Hall–Kier alpha value is -2.28. The van der Waals surface area contributed by atoms with E-state index in [1.165, 1.54) is 16.7 Å². The molecule has 0 atom stereocenters. The second-order valence-corrected chi connectivity index (χ2v) is 4.37. The Labute approximate surface area is 107 Å². The molecule has 0 radical (unpaired) electrons. The van der Waals surface area contributed by atoms with Crippen molar-refractivity contribution < 1.29 is 4.42 Å². The van der Waals surface area contributed by atoms with Crippen LogP contribution in [0.4, 0.5) is 0 Å². The molecule has 1 aromatic heterocycles. The lowest BCUT2D eigenvalue weighted by atomic mass is 10.0. The van der Waals surface area contributed by atoms with Crippen molar-refractivity contribution in [3.8, 4) is 11.1 Å². The zero-order valence-corrected chi connectivity index (χ0v) is 10.0. The van der Waals surface area contributed by atoms with Crippen molar-refractivity contribution in [3.63, 3.8) is 0 Å². The molecular weight excluding hydrogens is 220 g/mol. The second-order valence-electron chi connectivity index (χ2n) is 4.37. The first-order chi connectivity index (χ1) is 8.92. The standard InChI is InChI=1S/C17H14O/c1-2-4-14(5-3-1)12-15-6-8-16(9-7-15)17-10-11-18-13-17/h1-11,13H,12H2. The molecular formula is C17H14O. The molecule has 1 heterocycles. The summed E-state index contributed by atoms with van der Waals surface area (Å²) in [7, 11) is 0. The molecule has 0 fully saturated rings. The van der Waals surface area contributed by atoms with Gasteiger partial charge in [-0.25, -0.2) is 0 Å². The van der Waals surface area contributed by atoms with Crippen molar-refractivity contribution in [3.05, 3.63) is 84.3 Å². The van der Waals surface area contributed by atoms with Crippen LogP contribution in [-0.4, -0.2) is 0 Å². The zero-order chi connectivity index (χ0) is 12.2. The van der Waals surface area contributed by atoms with Crippen LogP contribution in [0.3, 0.4) is 0 Å². The summed E-state index contributed by atoms with van der Waals surface area (Å²) in [6.45, 7) is 0. The van der Waals surface area contributed by atoms with Gasteiger partial charge in [-0.2, -0.15) is 0 Å². The first-order valence-corrected chi connectivity index (χ1v) is 6.07. The normalized spacial score (nSPS) is 10.4. The number of hydrogen-bond acceptors (Lipinski definition) is 1. The molecule has 0 bridgehead atoms. The van der Waals surface area contributed by atoms with Crippen LogP contribution < -0.4 is 0 Å². The van der Waals surface area contributed by atoms with E-state index in [9.17, 15) is 0 Å². The van der Waals surface area contributed by atoms with Crippen molar-refractivity contribution in [2.75, 3.05) is 0 Å². The molecule has 3 aromatic rings. The highest BCUT2D eigenvalue weighted by Crippen LogP contribution is 2.20. The van der Waals surface area contributed by atoms with E-state index in [4.69, 9.17) is 4.42 Å². The van der Waals surface area contributed by atoms with Crippen LogP contribution in [0, 0.1) is 0 Å². The first kappa shape index (κ1) is 10.8. The van der Waals surface area contributed by atoms with E-state index < -0.39 is 0 Å². The van der Waals surface area contributed by atoms with E-state index in [-0.39, 0.29) is 0 Å². The van der Waals surface area contributed by atoms with Crippen molar-refractivity contribution in [2.45, 2.75) is 6.42 Å². The highest BCUT2D eigenvalue weighted by Gasteiger charge is 2.00. The van der Waals surface area contributed by atoms with E-state index in [2.05, 4.69) is 48.5 Å². The van der Waals surface area contributed by atoms with Crippen LogP contribution in [0.5, 0.6) is 0 Å². The number of benzene rings is 2. The summed E-state index contributed by atoms with van der Waals surface area (Å²) in [5.41, 5.74) is 4.99. The lowest BCUT2D eigenvalue weighted by Gasteiger charge is -2.03. The zero-order valence-electron chi connectivity index (χ0n) is 10.0. The van der Waals surface area contributed by atoms with Gasteiger partial charge in [0.2, 0.25) is 0 Å². The molecule has 0 saturated carbocycles. The summed E-state index contributed by atoms with van der Waals surface area (Å²) in [4.78, 5) is 0. The molecule has 18 heavy (non-hydrogen) atoms. The molecule has 2 aromatic carbocycles. The summed E-state index contributed by atoms with van der Waals surface area (Å²) >= 11 is 0. The van der Waals surface area contributed by atoms with E-state index in [1.807, 2.05) is 12.1 Å². The molecule has 0 unspecified atom stereocenters. The molecule has 88 valence electrons. The molecule has 0 N–H and O–H groups in total. The quantitative estimate of drug-likeness (QED) is 0.648. The number of rotatable bonds is 3. The van der Waals surface area contributed by atoms with Gasteiger partial charge in [0.05, 0.1) is 12.5 Å². The number of furan rings is 1. The van der Waals surface area contributed by atoms with Gasteiger partial charge in [0.25, 0.3) is 0 Å². The minimum atomic E-state index is 0.979. The molecule has 0 aliphatic carbocycles. The third kappa shape index (κ3) is 2.35. The minimum Gasteiger partial charge on any atom is -0.472 e. The molecule has 0 aliphatic rings. The van der Waals surface area contributed by atoms with Gasteiger partial charge in [0.1, 0.15) is 0 Å². The Balaban J connectivity index is 1.80. The molecule has 0 saturated heterocycles. The second kappa shape index (κ2) is 4.92. The van der Waals surface area contributed by atoms with E-state index >= 15 is 0 Å². The maximum absolute atomic E-state index is 5.09. The number of hydrogen-bond donors (Lipinski definition) is 0. The summed E-state index contributed by atoms with van der Waals surface area (Å²) < 4.78 is 5.09. The third-order valence-electron chi connectivity index (χ3n) is 3.06. The summed E-state index contributed by atoms with van der Waals surface area (Å²) in [6.07, 6.45) is 4.45. The molecule has 0 spiro atoms. The third-order valence-corrected chi connectivity index (χ3v) is 3.06. The fourth-order valence-corrected chi connectivity index (χ4v) is 2.08. The highest BCUT2D eigenvalue weighted by atomic mass is 16.3. The fraction of sp³-hybridized carbons (Fsp3) is 0.0588. The highest BCUT2D eigenvalue weighted by molar-refractivity contribution is 5.62. The molecule has 0 amide bonds. The molecule has 3 rings (SSSR count). The van der Waals surface area contributed by atoms with Crippen LogP contribution >= 0.6 is 0 Å². The fourth-order valence-electron chi connectivity index (χ4n) is 2.08. The van der Waals surface area contributed by atoms with Gasteiger partial charge in [-0.3, -0.25) is 0 Å². The van der Waals surface area contributed by atoms with Crippen LogP contribution in [-0.2, 0) is 6.42 Å². The Bertz CT molecular complexity index is 592. The lowest BCUT2D eigenvalue weighted by Crippen LogP contribution is -1.87.